The number of rotatable bonds is 2. The third kappa shape index (κ3) is 3.42. The predicted octanol–water partition coefficient (Wildman–Crippen LogP) is 4.31. The molecule has 0 unspecified atom stereocenters. The van der Waals surface area contributed by atoms with Gasteiger partial charge in [-0.15, -0.1) is 0 Å². The largest absolute Gasteiger partial charge is 0.508 e. The molecule has 2 aromatic carbocycles. The van der Waals surface area contributed by atoms with Gasteiger partial charge < -0.3 is 15.7 Å². The van der Waals surface area contributed by atoms with E-state index < -0.39 is 6.03 Å². The number of carbonyl (C=O) groups excluding carboxylic acids is 1. The number of benzene rings is 2. The number of anilines is 2. The van der Waals surface area contributed by atoms with Gasteiger partial charge in [-0.2, -0.15) is 0 Å². The minimum Gasteiger partial charge on any atom is -0.508 e. The molecule has 3 N–H and O–H groups in total. The average Bonchev–Trinajstić information content (AvgIpc) is 2.38. The van der Waals surface area contributed by atoms with Crippen LogP contribution in [0.5, 0.6) is 5.75 Å². The van der Waals surface area contributed by atoms with Crippen LogP contribution >= 0.6 is 11.6 Å². The van der Waals surface area contributed by atoms with Crippen molar-refractivity contribution in [1.29, 1.82) is 0 Å². The fourth-order valence-electron chi connectivity index (χ4n) is 1.65. The zero-order valence-corrected chi connectivity index (χ0v) is 12.0. The Balaban J connectivity index is 2.04. The molecule has 0 saturated heterocycles. The molecule has 2 amide bonds. The van der Waals surface area contributed by atoms with Gasteiger partial charge >= 0.3 is 6.03 Å². The van der Waals surface area contributed by atoms with Gasteiger partial charge in [0, 0.05) is 22.5 Å². The summed E-state index contributed by atoms with van der Waals surface area (Å²) >= 11 is 5.99. The van der Waals surface area contributed by atoms with E-state index in [4.69, 9.17) is 11.6 Å². The molecule has 0 aliphatic rings. The first kappa shape index (κ1) is 14.2. The van der Waals surface area contributed by atoms with Crippen molar-refractivity contribution < 1.29 is 9.90 Å². The first-order chi connectivity index (χ1) is 9.45. The molecule has 0 fully saturated rings. The molecule has 0 saturated carbocycles. The van der Waals surface area contributed by atoms with Crippen molar-refractivity contribution in [3.8, 4) is 5.75 Å². The Morgan fingerprint density at radius 1 is 1.00 bits per heavy atom. The molecule has 0 spiro atoms. The molecule has 104 valence electrons. The summed E-state index contributed by atoms with van der Waals surface area (Å²) < 4.78 is 0. The Bertz CT molecular complexity index is 601. The molecule has 0 bridgehead atoms. The maximum atomic E-state index is 11.8. The molecule has 20 heavy (non-hydrogen) atoms. The first-order valence-corrected chi connectivity index (χ1v) is 6.47. The topological polar surface area (TPSA) is 61.4 Å². The zero-order valence-electron chi connectivity index (χ0n) is 11.2. The van der Waals surface area contributed by atoms with E-state index in [0.29, 0.717) is 16.4 Å². The molecule has 0 radical (unpaired) electrons. The number of nitrogens with one attached hydrogen (secondary N) is 2. The number of urea groups is 1. The van der Waals surface area contributed by atoms with Crippen LogP contribution in [0.3, 0.4) is 0 Å². The standard InChI is InChI=1S/C15H15ClN2O2/c1-9-3-5-11(7-13(9)16)17-15(20)18-12-6-4-10(2)14(19)8-12/h3-8,19H,1-2H3,(H2,17,18,20). The molecule has 0 aliphatic heterocycles. The summed E-state index contributed by atoms with van der Waals surface area (Å²) in [7, 11) is 0. The van der Waals surface area contributed by atoms with Crippen molar-refractivity contribution in [2.24, 2.45) is 0 Å². The van der Waals surface area contributed by atoms with Gasteiger partial charge in [0.2, 0.25) is 0 Å². The lowest BCUT2D eigenvalue weighted by Crippen LogP contribution is -2.19. The van der Waals surface area contributed by atoms with Crippen LogP contribution in [0.15, 0.2) is 36.4 Å². The van der Waals surface area contributed by atoms with E-state index in [0.717, 1.165) is 11.1 Å². The summed E-state index contributed by atoms with van der Waals surface area (Å²) in [5.74, 6) is 0.140. The number of aryl methyl sites for hydroxylation is 2. The van der Waals surface area contributed by atoms with Crippen LogP contribution in [0.4, 0.5) is 16.2 Å². The maximum absolute atomic E-state index is 11.8. The van der Waals surface area contributed by atoms with Gasteiger partial charge in [-0.1, -0.05) is 23.7 Å². The summed E-state index contributed by atoms with van der Waals surface area (Å²) in [6.07, 6.45) is 0. The Labute approximate surface area is 122 Å². The second kappa shape index (κ2) is 5.84. The third-order valence-electron chi connectivity index (χ3n) is 2.90. The molecule has 2 rings (SSSR count). The highest BCUT2D eigenvalue weighted by atomic mass is 35.5. The lowest BCUT2D eigenvalue weighted by molar-refractivity contribution is 0.262. The van der Waals surface area contributed by atoms with Crippen LogP contribution in [-0.2, 0) is 0 Å². The number of amides is 2. The van der Waals surface area contributed by atoms with Gasteiger partial charge in [-0.3, -0.25) is 0 Å². The predicted molar refractivity (Wildman–Crippen MR) is 81.7 cm³/mol. The van der Waals surface area contributed by atoms with Crippen molar-refractivity contribution in [3.05, 3.63) is 52.5 Å². The van der Waals surface area contributed by atoms with E-state index in [1.54, 1.807) is 31.2 Å². The van der Waals surface area contributed by atoms with Crippen LogP contribution in [-0.4, -0.2) is 11.1 Å². The molecular weight excluding hydrogens is 276 g/mol. The summed E-state index contributed by atoms with van der Waals surface area (Å²) in [5, 5.41) is 15.5. The molecule has 2 aromatic rings. The fraction of sp³-hybridized carbons (Fsp3) is 0.133. The second-order valence-corrected chi connectivity index (χ2v) is 4.95. The first-order valence-electron chi connectivity index (χ1n) is 6.09. The van der Waals surface area contributed by atoms with Crippen LogP contribution in [0, 0.1) is 13.8 Å². The van der Waals surface area contributed by atoms with Crippen LogP contribution in [0.2, 0.25) is 5.02 Å². The van der Waals surface area contributed by atoms with Crippen LogP contribution < -0.4 is 10.6 Å². The Kier molecular flexibility index (Phi) is 4.15. The molecule has 4 nitrogen and oxygen atoms in total. The van der Waals surface area contributed by atoms with Crippen molar-refractivity contribution in [3.63, 3.8) is 0 Å². The van der Waals surface area contributed by atoms with E-state index in [2.05, 4.69) is 10.6 Å². The van der Waals surface area contributed by atoms with E-state index in [9.17, 15) is 9.90 Å². The normalized spacial score (nSPS) is 10.2. The number of aromatic hydroxyl groups is 1. The maximum Gasteiger partial charge on any atom is 0.323 e. The van der Waals surface area contributed by atoms with Crippen molar-refractivity contribution in [2.45, 2.75) is 13.8 Å². The summed E-state index contributed by atoms with van der Waals surface area (Å²) in [4.78, 5) is 11.8. The van der Waals surface area contributed by atoms with Crippen molar-refractivity contribution in [2.75, 3.05) is 10.6 Å². The third-order valence-corrected chi connectivity index (χ3v) is 3.30. The van der Waals surface area contributed by atoms with Gasteiger partial charge in [0.05, 0.1) is 0 Å². The Morgan fingerprint density at radius 3 is 2.10 bits per heavy atom. The van der Waals surface area contributed by atoms with Crippen molar-refractivity contribution in [1.82, 2.24) is 0 Å². The number of phenolic OH excluding ortho intramolecular Hbond substituents is 1. The Hall–Kier alpha value is -2.20. The van der Waals surface area contributed by atoms with E-state index in [1.165, 1.54) is 6.07 Å². The van der Waals surface area contributed by atoms with Crippen LogP contribution in [0.1, 0.15) is 11.1 Å². The molecule has 0 heterocycles. The van der Waals surface area contributed by atoms with Gasteiger partial charge in [0.25, 0.3) is 0 Å². The van der Waals surface area contributed by atoms with Crippen molar-refractivity contribution >= 4 is 29.0 Å². The SMILES string of the molecule is Cc1ccc(NC(=O)Nc2ccc(C)c(Cl)c2)cc1O. The fourth-order valence-corrected chi connectivity index (χ4v) is 1.83. The Morgan fingerprint density at radius 2 is 1.55 bits per heavy atom. The van der Waals surface area contributed by atoms with Gasteiger partial charge in [0.15, 0.2) is 0 Å². The zero-order chi connectivity index (χ0) is 14.7. The summed E-state index contributed by atoms with van der Waals surface area (Å²) in [6.45, 7) is 3.68. The highest BCUT2D eigenvalue weighted by Gasteiger charge is 2.05. The van der Waals surface area contributed by atoms with E-state index >= 15 is 0 Å². The lowest BCUT2D eigenvalue weighted by Gasteiger charge is -2.09. The van der Waals surface area contributed by atoms with E-state index in [-0.39, 0.29) is 5.75 Å². The van der Waals surface area contributed by atoms with Gasteiger partial charge in [-0.05, 0) is 43.2 Å². The minimum atomic E-state index is -0.395. The number of hydrogen-bond acceptors (Lipinski definition) is 2. The number of halogens is 1. The number of hydrogen-bond donors (Lipinski definition) is 3. The smallest absolute Gasteiger partial charge is 0.323 e. The molecular formula is C15H15ClN2O2. The highest BCUT2D eigenvalue weighted by molar-refractivity contribution is 6.31. The second-order valence-electron chi connectivity index (χ2n) is 4.54. The van der Waals surface area contributed by atoms with Gasteiger partial charge in [0.1, 0.15) is 5.75 Å². The lowest BCUT2D eigenvalue weighted by atomic mass is 10.2. The number of carbonyl (C=O) groups is 1. The average molecular weight is 291 g/mol. The van der Waals surface area contributed by atoms with Crippen LogP contribution in [0.25, 0.3) is 0 Å². The van der Waals surface area contributed by atoms with E-state index in [1.807, 2.05) is 13.0 Å². The summed E-state index contributed by atoms with van der Waals surface area (Å²) in [6, 6.07) is 9.83. The molecule has 0 aliphatic carbocycles. The van der Waals surface area contributed by atoms with Gasteiger partial charge in [-0.25, -0.2) is 4.79 Å². The monoisotopic (exact) mass is 290 g/mol. The molecule has 0 atom stereocenters. The quantitative estimate of drug-likeness (QED) is 0.772. The minimum absolute atomic E-state index is 0.140. The number of phenols is 1. The molecule has 5 heteroatoms. The molecule has 0 aromatic heterocycles. The highest BCUT2D eigenvalue weighted by Crippen LogP contribution is 2.22. The summed E-state index contributed by atoms with van der Waals surface area (Å²) in [5.41, 5.74) is 2.82.